The van der Waals surface area contributed by atoms with E-state index in [2.05, 4.69) is 50.5 Å². The maximum Gasteiger partial charge on any atom is 0.231 e. The third-order valence-electron chi connectivity index (χ3n) is 1.64. The van der Waals surface area contributed by atoms with Crippen molar-refractivity contribution in [2.75, 3.05) is 0 Å². The van der Waals surface area contributed by atoms with Crippen LogP contribution in [0.3, 0.4) is 0 Å². The fourth-order valence-corrected chi connectivity index (χ4v) is 6.00. The van der Waals surface area contributed by atoms with Crippen LogP contribution in [0.25, 0.3) is 0 Å². The molecule has 0 fully saturated rings. The summed E-state index contributed by atoms with van der Waals surface area (Å²) in [5.41, 5.74) is 0. The molecule has 0 saturated carbocycles. The van der Waals surface area contributed by atoms with E-state index in [9.17, 15) is 0 Å². The number of hydrogen-bond donors (Lipinski definition) is 0. The van der Waals surface area contributed by atoms with Crippen molar-refractivity contribution in [3.05, 3.63) is 30.3 Å². The van der Waals surface area contributed by atoms with Gasteiger partial charge in [-0.2, -0.15) is 0 Å². The van der Waals surface area contributed by atoms with Crippen molar-refractivity contribution in [1.82, 2.24) is 0 Å². The van der Waals surface area contributed by atoms with Gasteiger partial charge in [0, 0.05) is 0 Å². The topological polar surface area (TPSA) is 9.23 Å². The van der Waals surface area contributed by atoms with E-state index >= 15 is 0 Å². The van der Waals surface area contributed by atoms with Crippen molar-refractivity contribution in [2.45, 2.75) is 26.2 Å². The molecule has 0 aliphatic heterocycles. The molecule has 0 amide bonds. The minimum atomic E-state index is -1.36. The van der Waals surface area contributed by atoms with Crippen LogP contribution in [-0.2, 0) is 4.12 Å². The molecule has 0 spiro atoms. The van der Waals surface area contributed by atoms with Crippen LogP contribution >= 0.6 is 0 Å². The molecule has 0 atom stereocenters. The molecule has 1 rings (SSSR count). The Morgan fingerprint density at radius 1 is 1.08 bits per heavy atom. The summed E-state index contributed by atoms with van der Waals surface area (Å²) in [5.74, 6) is 0. The minimum absolute atomic E-state index is 0.763. The molecule has 1 aromatic rings. The van der Waals surface area contributed by atoms with Crippen molar-refractivity contribution in [3.63, 3.8) is 0 Å². The highest BCUT2D eigenvalue weighted by molar-refractivity contribution is 6.81. The van der Waals surface area contributed by atoms with Gasteiger partial charge in [-0.1, -0.05) is 30.3 Å². The Kier molecular flexibility index (Phi) is 3.47. The number of hydrogen-bond acceptors (Lipinski definition) is 1. The zero-order valence-electron chi connectivity index (χ0n) is 8.79. The monoisotopic (exact) mass is 209 g/mol. The molecule has 1 aromatic carbocycles. The van der Waals surface area contributed by atoms with Gasteiger partial charge in [0.15, 0.2) is 8.32 Å². The second-order valence-corrected chi connectivity index (χ2v) is 10.9. The summed E-state index contributed by atoms with van der Waals surface area (Å²) in [6.07, 6.45) is 0. The van der Waals surface area contributed by atoms with Gasteiger partial charge in [-0.15, -0.1) is 0 Å². The summed E-state index contributed by atoms with van der Waals surface area (Å²) in [7, 11) is -2.12. The second kappa shape index (κ2) is 4.22. The summed E-state index contributed by atoms with van der Waals surface area (Å²) in [6, 6.07) is 10.5. The highest BCUT2D eigenvalue weighted by Crippen LogP contribution is 2.04. The lowest BCUT2D eigenvalue weighted by atomic mass is 10.4. The summed E-state index contributed by atoms with van der Waals surface area (Å²) in [6.45, 7) is 8.94. The molecule has 1 nitrogen and oxygen atoms in total. The van der Waals surface area contributed by atoms with Gasteiger partial charge in [0.25, 0.3) is 0 Å². The summed E-state index contributed by atoms with van der Waals surface area (Å²) >= 11 is 0. The lowest BCUT2D eigenvalue weighted by molar-refractivity contribution is 0.589. The molecule has 0 saturated heterocycles. The molecular weight excluding hydrogens is 192 g/mol. The molecule has 0 aliphatic rings. The summed E-state index contributed by atoms with van der Waals surface area (Å²) in [4.78, 5) is 0. The molecule has 0 bridgehead atoms. The predicted octanol–water partition coefficient (Wildman–Crippen LogP) is 2.37. The number of rotatable bonds is 3. The quantitative estimate of drug-likeness (QED) is 0.695. The Labute approximate surface area is 83.6 Å². The van der Waals surface area contributed by atoms with Crippen molar-refractivity contribution in [2.24, 2.45) is 0 Å². The second-order valence-electron chi connectivity index (χ2n) is 4.14. The summed E-state index contributed by atoms with van der Waals surface area (Å²) < 4.78 is 6.06. The molecule has 3 heteroatoms. The highest BCUT2D eigenvalue weighted by Gasteiger charge is 2.20. The van der Waals surface area contributed by atoms with Crippen LogP contribution in [0, 0.1) is 0 Å². The van der Waals surface area contributed by atoms with E-state index in [1.165, 1.54) is 5.19 Å². The van der Waals surface area contributed by atoms with Crippen molar-refractivity contribution >= 4 is 22.5 Å². The Morgan fingerprint density at radius 3 is 2.08 bits per heavy atom. The maximum absolute atomic E-state index is 6.06. The first kappa shape index (κ1) is 10.7. The van der Waals surface area contributed by atoms with E-state index in [0.717, 1.165) is 0 Å². The Morgan fingerprint density at radius 2 is 1.62 bits per heavy atom. The smallest absolute Gasteiger partial charge is 0.231 e. The third-order valence-corrected chi connectivity index (χ3v) is 6.46. The minimum Gasteiger partial charge on any atom is -0.453 e. The van der Waals surface area contributed by atoms with Crippen LogP contribution in [0.15, 0.2) is 30.3 Å². The SMILES string of the molecule is C[Si](O[Si](C)(C)C)c1ccccc1. The molecule has 0 aliphatic carbocycles. The standard InChI is InChI=1S/C10H17OSi2/c1-12(11-13(2,3)4)10-8-6-5-7-9-10/h5-9H,1-4H3. The van der Waals surface area contributed by atoms with Crippen LogP contribution in [0.2, 0.25) is 26.2 Å². The normalized spacial score (nSPS) is 12.1. The largest absolute Gasteiger partial charge is 0.453 e. The van der Waals surface area contributed by atoms with Gasteiger partial charge in [0.05, 0.1) is 0 Å². The Balaban J connectivity index is 2.64. The van der Waals surface area contributed by atoms with Gasteiger partial charge in [-0.05, 0) is 31.4 Å². The molecule has 0 heterocycles. The average molecular weight is 209 g/mol. The first-order valence-electron chi connectivity index (χ1n) is 4.57. The maximum atomic E-state index is 6.06. The van der Waals surface area contributed by atoms with Crippen molar-refractivity contribution < 1.29 is 4.12 Å². The van der Waals surface area contributed by atoms with Crippen molar-refractivity contribution in [3.8, 4) is 0 Å². The lowest BCUT2D eigenvalue weighted by Crippen LogP contribution is -2.40. The summed E-state index contributed by atoms with van der Waals surface area (Å²) in [5, 5.41) is 1.37. The van der Waals surface area contributed by atoms with Gasteiger partial charge < -0.3 is 4.12 Å². The van der Waals surface area contributed by atoms with E-state index in [-0.39, 0.29) is 0 Å². The molecule has 0 N–H and O–H groups in total. The molecule has 0 aromatic heterocycles. The van der Waals surface area contributed by atoms with E-state index in [4.69, 9.17) is 4.12 Å². The van der Waals surface area contributed by atoms with Crippen LogP contribution < -0.4 is 5.19 Å². The van der Waals surface area contributed by atoms with E-state index in [1.54, 1.807) is 0 Å². The van der Waals surface area contributed by atoms with Crippen LogP contribution in [0.5, 0.6) is 0 Å². The highest BCUT2D eigenvalue weighted by atomic mass is 28.4. The molecule has 13 heavy (non-hydrogen) atoms. The zero-order chi connectivity index (χ0) is 9.90. The Hall–Kier alpha value is -0.386. The van der Waals surface area contributed by atoms with Crippen LogP contribution in [-0.4, -0.2) is 17.4 Å². The van der Waals surface area contributed by atoms with Crippen LogP contribution in [0.1, 0.15) is 0 Å². The predicted molar refractivity (Wildman–Crippen MR) is 62.1 cm³/mol. The average Bonchev–Trinajstić information content (AvgIpc) is 2.03. The molecule has 0 unspecified atom stereocenters. The van der Waals surface area contributed by atoms with E-state index in [0.29, 0.717) is 0 Å². The first-order valence-corrected chi connectivity index (χ1v) is 9.89. The van der Waals surface area contributed by atoms with Gasteiger partial charge in [0.1, 0.15) is 0 Å². The fourth-order valence-electron chi connectivity index (χ4n) is 1.19. The van der Waals surface area contributed by atoms with E-state index < -0.39 is 17.4 Å². The van der Waals surface area contributed by atoms with Crippen LogP contribution in [0.4, 0.5) is 0 Å². The fraction of sp³-hybridized carbons (Fsp3) is 0.400. The zero-order valence-corrected chi connectivity index (χ0v) is 10.8. The van der Waals surface area contributed by atoms with Gasteiger partial charge in [-0.25, -0.2) is 0 Å². The first-order chi connectivity index (χ1) is 5.99. The number of benzene rings is 1. The lowest BCUT2D eigenvalue weighted by Gasteiger charge is -2.22. The Bertz CT molecular complexity index is 253. The molecular formula is C10H17OSi2. The van der Waals surface area contributed by atoms with E-state index in [1.807, 2.05) is 6.07 Å². The molecule has 1 radical (unpaired) electrons. The van der Waals surface area contributed by atoms with Gasteiger partial charge in [-0.3, -0.25) is 0 Å². The van der Waals surface area contributed by atoms with Crippen molar-refractivity contribution in [1.29, 1.82) is 0 Å². The molecule has 71 valence electrons. The third kappa shape index (κ3) is 3.89. The van der Waals surface area contributed by atoms with Gasteiger partial charge in [0.2, 0.25) is 9.04 Å². The van der Waals surface area contributed by atoms with Gasteiger partial charge >= 0.3 is 0 Å².